The van der Waals surface area contributed by atoms with Gasteiger partial charge in [-0.1, -0.05) is 13.8 Å². The highest BCUT2D eigenvalue weighted by molar-refractivity contribution is 5.75. The summed E-state index contributed by atoms with van der Waals surface area (Å²) < 4.78 is 5.31. The Hall–Kier alpha value is -0.570. The van der Waals surface area contributed by atoms with E-state index in [1.807, 2.05) is 34.9 Å². The maximum atomic E-state index is 11.6. The van der Waals surface area contributed by atoms with Crippen molar-refractivity contribution in [3.05, 3.63) is 0 Å². The number of carbonyl (C=O) groups is 1. The van der Waals surface area contributed by atoms with Gasteiger partial charge in [-0.15, -0.1) is 0 Å². The predicted molar refractivity (Wildman–Crippen MR) is 62.7 cm³/mol. The Morgan fingerprint density at radius 1 is 1.13 bits per heavy atom. The van der Waals surface area contributed by atoms with E-state index >= 15 is 0 Å². The average Bonchev–Trinajstić information content (AvgIpc) is 1.95. The lowest BCUT2D eigenvalue weighted by molar-refractivity contribution is -0.156. The topological polar surface area (TPSA) is 29.5 Å². The summed E-state index contributed by atoms with van der Waals surface area (Å²) in [5.74, 6) is -0.130. The van der Waals surface area contributed by atoms with Crippen molar-refractivity contribution in [3.63, 3.8) is 0 Å². The number of hydrogen-bond acceptors (Lipinski definition) is 3. The van der Waals surface area contributed by atoms with Crippen LogP contribution in [0.2, 0.25) is 0 Å². The molecule has 0 rings (SSSR count). The van der Waals surface area contributed by atoms with Crippen LogP contribution in [0, 0.1) is 10.8 Å². The van der Waals surface area contributed by atoms with Gasteiger partial charge in [-0.25, -0.2) is 0 Å². The summed E-state index contributed by atoms with van der Waals surface area (Å²) in [6.45, 7) is 11.2. The Bertz CT molecular complexity index is 214. The number of esters is 1. The molecule has 0 unspecified atom stereocenters. The average molecular weight is 215 g/mol. The number of carbonyl (C=O) groups excluding carboxylic acids is 1. The van der Waals surface area contributed by atoms with E-state index in [-0.39, 0.29) is 11.4 Å². The lowest BCUT2D eigenvalue weighted by atomic mass is 9.93. The van der Waals surface area contributed by atoms with Crippen LogP contribution in [0.25, 0.3) is 0 Å². The zero-order chi connectivity index (χ0) is 12.3. The summed E-state index contributed by atoms with van der Waals surface area (Å²) in [4.78, 5) is 13.7. The van der Waals surface area contributed by atoms with Crippen molar-refractivity contribution in [2.24, 2.45) is 10.8 Å². The van der Waals surface area contributed by atoms with Crippen molar-refractivity contribution in [2.75, 3.05) is 27.2 Å². The van der Waals surface area contributed by atoms with Crippen LogP contribution in [0.3, 0.4) is 0 Å². The first-order valence-corrected chi connectivity index (χ1v) is 5.36. The molecule has 0 aromatic heterocycles. The van der Waals surface area contributed by atoms with Crippen LogP contribution >= 0.6 is 0 Å². The van der Waals surface area contributed by atoms with Crippen LogP contribution in [0.15, 0.2) is 0 Å². The second kappa shape index (κ2) is 4.97. The summed E-state index contributed by atoms with van der Waals surface area (Å²) in [5.41, 5.74) is -0.404. The minimum absolute atomic E-state index is 0.00438. The highest BCUT2D eigenvalue weighted by Crippen LogP contribution is 2.20. The quantitative estimate of drug-likeness (QED) is 0.673. The van der Waals surface area contributed by atoms with E-state index in [1.165, 1.54) is 0 Å². The van der Waals surface area contributed by atoms with Gasteiger partial charge < -0.3 is 9.64 Å². The van der Waals surface area contributed by atoms with E-state index in [1.54, 1.807) is 0 Å². The van der Waals surface area contributed by atoms with Crippen LogP contribution < -0.4 is 0 Å². The van der Waals surface area contributed by atoms with Crippen molar-refractivity contribution < 1.29 is 9.53 Å². The molecule has 0 aliphatic carbocycles. The van der Waals surface area contributed by atoms with Crippen molar-refractivity contribution in [1.82, 2.24) is 4.90 Å². The molecule has 0 aliphatic heterocycles. The molecule has 0 aliphatic rings. The SMILES string of the molecule is CN(C)CC(C)(C)COC(=O)C(C)(C)C. The highest BCUT2D eigenvalue weighted by Gasteiger charge is 2.27. The smallest absolute Gasteiger partial charge is 0.311 e. The normalized spacial score (nSPS) is 13.1. The molecule has 0 spiro atoms. The van der Waals surface area contributed by atoms with Crippen LogP contribution in [0.5, 0.6) is 0 Å². The Morgan fingerprint density at radius 2 is 1.60 bits per heavy atom. The molecule has 0 N–H and O–H groups in total. The number of hydrogen-bond donors (Lipinski definition) is 0. The molecule has 0 bridgehead atoms. The van der Waals surface area contributed by atoms with Crippen molar-refractivity contribution in [1.29, 1.82) is 0 Å². The maximum Gasteiger partial charge on any atom is 0.311 e. The fourth-order valence-corrected chi connectivity index (χ4v) is 1.38. The van der Waals surface area contributed by atoms with Crippen LogP contribution in [0.1, 0.15) is 34.6 Å². The molecule has 0 saturated carbocycles. The van der Waals surface area contributed by atoms with Crippen molar-refractivity contribution in [3.8, 4) is 0 Å². The van der Waals surface area contributed by atoms with Gasteiger partial charge in [0.25, 0.3) is 0 Å². The van der Waals surface area contributed by atoms with Gasteiger partial charge in [0, 0.05) is 12.0 Å². The molecule has 90 valence electrons. The van der Waals surface area contributed by atoms with Gasteiger partial charge in [-0.3, -0.25) is 4.79 Å². The summed E-state index contributed by atoms with van der Waals surface area (Å²) in [6.07, 6.45) is 0. The molecule has 3 nitrogen and oxygen atoms in total. The standard InChI is InChI=1S/C12H25NO2/c1-11(2,3)10(14)15-9-12(4,5)8-13(6)7/h8-9H2,1-7H3. The minimum atomic E-state index is -0.409. The largest absolute Gasteiger partial charge is 0.465 e. The molecule has 15 heavy (non-hydrogen) atoms. The van der Waals surface area contributed by atoms with Crippen molar-refractivity contribution >= 4 is 5.97 Å². The van der Waals surface area contributed by atoms with E-state index in [0.717, 1.165) is 6.54 Å². The van der Waals surface area contributed by atoms with Crippen LogP contribution in [0.4, 0.5) is 0 Å². The molecule has 0 amide bonds. The fraction of sp³-hybridized carbons (Fsp3) is 0.917. The Labute approximate surface area is 93.8 Å². The third-order valence-corrected chi connectivity index (χ3v) is 1.95. The van der Waals surface area contributed by atoms with Gasteiger partial charge in [0.2, 0.25) is 0 Å². The van der Waals surface area contributed by atoms with E-state index in [2.05, 4.69) is 18.7 Å². The van der Waals surface area contributed by atoms with Crippen LogP contribution in [-0.2, 0) is 9.53 Å². The zero-order valence-electron chi connectivity index (χ0n) is 11.2. The first kappa shape index (κ1) is 14.4. The molecule has 0 fully saturated rings. The number of ether oxygens (including phenoxy) is 1. The van der Waals surface area contributed by atoms with Gasteiger partial charge >= 0.3 is 5.97 Å². The summed E-state index contributed by atoms with van der Waals surface area (Å²) in [5, 5.41) is 0. The second-order valence-corrected chi connectivity index (χ2v) is 6.23. The lowest BCUT2D eigenvalue weighted by Gasteiger charge is -2.29. The molecule has 0 saturated heterocycles. The van der Waals surface area contributed by atoms with E-state index in [9.17, 15) is 4.79 Å². The predicted octanol–water partition coefficient (Wildman–Crippen LogP) is 2.16. The Morgan fingerprint density at radius 3 is 1.93 bits per heavy atom. The first-order valence-electron chi connectivity index (χ1n) is 5.36. The lowest BCUT2D eigenvalue weighted by Crippen LogP contribution is -2.35. The van der Waals surface area contributed by atoms with Gasteiger partial charge in [-0.2, -0.15) is 0 Å². The third kappa shape index (κ3) is 6.50. The second-order valence-electron chi connectivity index (χ2n) is 6.23. The highest BCUT2D eigenvalue weighted by atomic mass is 16.5. The summed E-state index contributed by atoms with van der Waals surface area (Å²) in [6, 6.07) is 0. The van der Waals surface area contributed by atoms with Crippen LogP contribution in [-0.4, -0.2) is 38.1 Å². The molecule has 0 atom stereocenters. The fourth-order valence-electron chi connectivity index (χ4n) is 1.38. The molecule has 0 heterocycles. The van der Waals surface area contributed by atoms with E-state index in [0.29, 0.717) is 6.61 Å². The number of rotatable bonds is 4. The van der Waals surface area contributed by atoms with E-state index < -0.39 is 5.41 Å². The van der Waals surface area contributed by atoms with Crippen molar-refractivity contribution in [2.45, 2.75) is 34.6 Å². The molecule has 0 aromatic carbocycles. The zero-order valence-corrected chi connectivity index (χ0v) is 11.2. The molecule has 3 heteroatoms. The monoisotopic (exact) mass is 215 g/mol. The molecular formula is C12H25NO2. The summed E-state index contributed by atoms with van der Waals surface area (Å²) >= 11 is 0. The Kier molecular flexibility index (Phi) is 4.78. The van der Waals surface area contributed by atoms with Gasteiger partial charge in [0.1, 0.15) is 0 Å². The first-order chi connectivity index (χ1) is 6.54. The molecule has 0 radical (unpaired) electrons. The molecule has 0 aromatic rings. The third-order valence-electron chi connectivity index (χ3n) is 1.95. The van der Waals surface area contributed by atoms with Gasteiger partial charge in [0.05, 0.1) is 12.0 Å². The maximum absolute atomic E-state index is 11.6. The Balaban J connectivity index is 4.10. The van der Waals surface area contributed by atoms with Gasteiger partial charge in [0.15, 0.2) is 0 Å². The van der Waals surface area contributed by atoms with Gasteiger partial charge in [-0.05, 0) is 34.9 Å². The molecular weight excluding hydrogens is 190 g/mol. The summed E-state index contributed by atoms with van der Waals surface area (Å²) in [7, 11) is 4.04. The number of nitrogens with zero attached hydrogens (tertiary/aromatic N) is 1. The van der Waals surface area contributed by atoms with E-state index in [4.69, 9.17) is 4.74 Å². The minimum Gasteiger partial charge on any atom is -0.465 e.